The predicted molar refractivity (Wildman–Crippen MR) is 77.8 cm³/mol. The minimum atomic E-state index is -0.596. The maximum absolute atomic E-state index is 11.3. The topological polar surface area (TPSA) is 124 Å². The first-order valence-electron chi connectivity index (χ1n) is 7.77. The van der Waals surface area contributed by atoms with Crippen molar-refractivity contribution in [3.8, 4) is 0 Å². The fourth-order valence-electron chi connectivity index (χ4n) is 2.59. The van der Waals surface area contributed by atoms with Crippen LogP contribution in [0.1, 0.15) is 0 Å². The highest BCUT2D eigenvalue weighted by Crippen LogP contribution is 2.00. The molecule has 2 rings (SSSR count). The third-order valence-corrected chi connectivity index (χ3v) is 3.79. The first-order chi connectivity index (χ1) is 12.0. The van der Waals surface area contributed by atoms with Gasteiger partial charge in [-0.2, -0.15) is 0 Å². The lowest BCUT2D eigenvalue weighted by molar-refractivity contribution is -0.887. The van der Waals surface area contributed by atoms with Crippen LogP contribution in [0.25, 0.3) is 0 Å². The normalized spacial score (nSPS) is 19.7. The highest BCUT2D eigenvalue weighted by atomic mass is 16.6. The lowest BCUT2D eigenvalue weighted by atomic mass is 10.3. The molecule has 0 atom stereocenters. The summed E-state index contributed by atoms with van der Waals surface area (Å²) >= 11 is 0. The molecular weight excluding hydrogens is 338 g/mol. The van der Waals surface area contributed by atoms with Gasteiger partial charge in [-0.05, 0) is 0 Å². The van der Waals surface area contributed by atoms with Gasteiger partial charge in [0.05, 0.1) is 26.2 Å². The van der Waals surface area contributed by atoms with E-state index in [1.54, 1.807) is 9.80 Å². The Morgan fingerprint density at radius 1 is 1.00 bits per heavy atom. The monoisotopic (exact) mass is 358 g/mol. The molecule has 1 N–H and O–H groups in total. The number of quaternary nitrogens is 1. The van der Waals surface area contributed by atoms with Gasteiger partial charge in [-0.3, -0.25) is 24.2 Å². The highest BCUT2D eigenvalue weighted by molar-refractivity contribution is 5.90. The summed E-state index contributed by atoms with van der Waals surface area (Å²) in [6, 6.07) is 0. The molecule has 2 saturated heterocycles. The zero-order chi connectivity index (χ0) is 18.2. The molecule has 2 aliphatic heterocycles. The number of nitrogens with zero attached hydrogens (tertiary/aromatic N) is 2. The molecular formula is C14H20N3O8+. The van der Waals surface area contributed by atoms with Crippen molar-refractivity contribution in [3.05, 3.63) is 0 Å². The SMILES string of the molecule is O=COCN(CCN1CC(=O)OC(=O)C1)CC[NH+]1CC(=O)OC(=O)C1. The smallest absolute Gasteiger partial charge is 0.369 e. The third-order valence-electron chi connectivity index (χ3n) is 3.79. The second-order valence-corrected chi connectivity index (χ2v) is 5.77. The molecule has 0 aromatic heterocycles. The number of esters is 4. The van der Waals surface area contributed by atoms with E-state index in [-0.39, 0.29) is 32.9 Å². The second-order valence-electron chi connectivity index (χ2n) is 5.77. The summed E-state index contributed by atoms with van der Waals surface area (Å²) in [4.78, 5) is 59.6. The zero-order valence-corrected chi connectivity index (χ0v) is 13.6. The molecule has 0 aromatic rings. The van der Waals surface area contributed by atoms with E-state index in [4.69, 9.17) is 4.74 Å². The van der Waals surface area contributed by atoms with Crippen LogP contribution >= 0.6 is 0 Å². The number of rotatable bonds is 9. The van der Waals surface area contributed by atoms with Crippen LogP contribution in [0.2, 0.25) is 0 Å². The van der Waals surface area contributed by atoms with Crippen LogP contribution in [0.5, 0.6) is 0 Å². The summed E-state index contributed by atoms with van der Waals surface area (Å²) in [6.07, 6.45) is 0. The first kappa shape index (κ1) is 19.0. The Labute approximate surface area is 143 Å². The van der Waals surface area contributed by atoms with Gasteiger partial charge in [0, 0.05) is 13.1 Å². The van der Waals surface area contributed by atoms with E-state index in [0.29, 0.717) is 32.7 Å². The van der Waals surface area contributed by atoms with E-state index in [0.717, 1.165) is 4.90 Å². The Kier molecular flexibility index (Phi) is 6.98. The molecule has 0 radical (unpaired) electrons. The van der Waals surface area contributed by atoms with Crippen molar-refractivity contribution >= 4 is 30.3 Å². The minimum absolute atomic E-state index is 0.0197. The van der Waals surface area contributed by atoms with Gasteiger partial charge in [-0.1, -0.05) is 0 Å². The highest BCUT2D eigenvalue weighted by Gasteiger charge is 2.29. The molecule has 25 heavy (non-hydrogen) atoms. The van der Waals surface area contributed by atoms with Crippen LogP contribution in [0, 0.1) is 0 Å². The number of cyclic esters (lactones) is 4. The molecule has 11 nitrogen and oxygen atoms in total. The quantitative estimate of drug-likeness (QED) is 0.143. The van der Waals surface area contributed by atoms with Crippen molar-refractivity contribution in [2.24, 2.45) is 0 Å². The zero-order valence-electron chi connectivity index (χ0n) is 13.6. The molecule has 138 valence electrons. The Bertz CT molecular complexity index is 478. The van der Waals surface area contributed by atoms with Crippen molar-refractivity contribution in [1.82, 2.24) is 9.80 Å². The van der Waals surface area contributed by atoms with Crippen molar-refractivity contribution in [2.75, 3.05) is 59.1 Å². The largest absolute Gasteiger partial charge is 0.452 e. The average molecular weight is 358 g/mol. The number of morpholine rings is 2. The number of carbonyl (C=O) groups excluding carboxylic acids is 5. The molecule has 2 fully saturated rings. The van der Waals surface area contributed by atoms with Gasteiger partial charge in [0.2, 0.25) is 0 Å². The Balaban J connectivity index is 1.80. The molecule has 0 unspecified atom stereocenters. The molecule has 2 aliphatic rings. The lowest BCUT2D eigenvalue weighted by Crippen LogP contribution is -3.15. The van der Waals surface area contributed by atoms with Gasteiger partial charge >= 0.3 is 23.9 Å². The molecule has 0 spiro atoms. The van der Waals surface area contributed by atoms with Crippen molar-refractivity contribution in [2.45, 2.75) is 0 Å². The number of ether oxygens (including phenoxy) is 3. The van der Waals surface area contributed by atoms with E-state index in [2.05, 4.69) is 9.47 Å². The summed E-state index contributed by atoms with van der Waals surface area (Å²) < 4.78 is 13.7. The van der Waals surface area contributed by atoms with Gasteiger partial charge in [-0.25, -0.2) is 9.59 Å². The van der Waals surface area contributed by atoms with Gasteiger partial charge in [0.1, 0.15) is 6.73 Å². The van der Waals surface area contributed by atoms with Gasteiger partial charge in [0.25, 0.3) is 6.47 Å². The minimum Gasteiger partial charge on any atom is -0.452 e. The Morgan fingerprint density at radius 2 is 1.60 bits per heavy atom. The maximum atomic E-state index is 11.3. The van der Waals surface area contributed by atoms with E-state index in [1.807, 2.05) is 0 Å². The third kappa shape index (κ3) is 6.57. The van der Waals surface area contributed by atoms with E-state index in [1.165, 1.54) is 0 Å². The maximum Gasteiger partial charge on any atom is 0.369 e. The van der Waals surface area contributed by atoms with Crippen molar-refractivity contribution in [3.63, 3.8) is 0 Å². The molecule has 11 heteroatoms. The predicted octanol–water partition coefficient (Wildman–Crippen LogP) is -4.23. The van der Waals surface area contributed by atoms with Gasteiger partial charge in [-0.15, -0.1) is 0 Å². The fraction of sp³-hybridized carbons (Fsp3) is 0.643. The first-order valence-corrected chi connectivity index (χ1v) is 7.77. The lowest BCUT2D eigenvalue weighted by Gasteiger charge is -2.29. The molecule has 0 aliphatic carbocycles. The van der Waals surface area contributed by atoms with Gasteiger partial charge < -0.3 is 19.1 Å². The molecule has 2 heterocycles. The number of hydrogen-bond acceptors (Lipinski definition) is 10. The van der Waals surface area contributed by atoms with Gasteiger partial charge in [0.15, 0.2) is 13.1 Å². The fourth-order valence-corrected chi connectivity index (χ4v) is 2.59. The van der Waals surface area contributed by atoms with Crippen LogP contribution < -0.4 is 4.90 Å². The van der Waals surface area contributed by atoms with Crippen LogP contribution in [0.4, 0.5) is 0 Å². The van der Waals surface area contributed by atoms with Crippen LogP contribution in [-0.4, -0.2) is 99.2 Å². The van der Waals surface area contributed by atoms with E-state index < -0.39 is 23.9 Å². The van der Waals surface area contributed by atoms with Crippen LogP contribution in [-0.2, 0) is 38.2 Å². The van der Waals surface area contributed by atoms with E-state index >= 15 is 0 Å². The summed E-state index contributed by atoms with van der Waals surface area (Å²) in [7, 11) is 0. The van der Waals surface area contributed by atoms with E-state index in [9.17, 15) is 24.0 Å². The van der Waals surface area contributed by atoms with Crippen molar-refractivity contribution in [1.29, 1.82) is 0 Å². The average Bonchev–Trinajstić information content (AvgIpc) is 2.52. The Hall–Kier alpha value is -2.37. The summed E-state index contributed by atoms with van der Waals surface area (Å²) in [5.74, 6) is -2.32. The molecule has 0 bridgehead atoms. The second kappa shape index (κ2) is 9.20. The molecule has 0 saturated carbocycles. The molecule has 0 amide bonds. The summed E-state index contributed by atoms with van der Waals surface area (Å²) in [6.45, 7) is 2.35. The van der Waals surface area contributed by atoms with Crippen LogP contribution in [0.15, 0.2) is 0 Å². The van der Waals surface area contributed by atoms with Crippen LogP contribution in [0.3, 0.4) is 0 Å². The number of carbonyl (C=O) groups is 5. The van der Waals surface area contributed by atoms with Crippen molar-refractivity contribution < 1.29 is 43.1 Å². The number of nitrogens with one attached hydrogen (secondary N) is 1. The number of hydrogen-bond donors (Lipinski definition) is 1. The molecule has 0 aromatic carbocycles. The summed E-state index contributed by atoms with van der Waals surface area (Å²) in [5, 5.41) is 0. The standard InChI is InChI=1S/C14H19N3O8/c18-10-23-9-15(1-3-16-5-11(19)24-12(20)6-16)2-4-17-7-13(21)25-14(22)8-17/h10H,1-9H2/p+1. The summed E-state index contributed by atoms with van der Waals surface area (Å²) in [5.41, 5.74) is 0. The Morgan fingerprint density at radius 3 is 2.20 bits per heavy atom.